The van der Waals surface area contributed by atoms with E-state index in [-0.39, 0.29) is 5.69 Å². The summed E-state index contributed by atoms with van der Waals surface area (Å²) in [6.07, 6.45) is -2.47. The van der Waals surface area contributed by atoms with Gasteiger partial charge in [-0.2, -0.15) is 13.2 Å². The van der Waals surface area contributed by atoms with Crippen LogP contribution in [0, 0.1) is 0 Å². The maximum Gasteiger partial charge on any atom is 0.418 e. The number of hydrogen-bond acceptors (Lipinski definition) is 2. The molecule has 1 aliphatic carbocycles. The van der Waals surface area contributed by atoms with Crippen molar-refractivity contribution in [3.8, 4) is 0 Å². The Balaban J connectivity index is 2.50. The van der Waals surface area contributed by atoms with Gasteiger partial charge in [-0.3, -0.25) is 4.98 Å². The van der Waals surface area contributed by atoms with Crippen LogP contribution in [-0.2, 0) is 11.8 Å². The highest BCUT2D eigenvalue weighted by Crippen LogP contribution is 2.48. The SMILES string of the molecule is OC1(c2ncccc2C(F)(F)F)CC1. The number of aromatic nitrogens is 1. The highest BCUT2D eigenvalue weighted by Gasteiger charge is 2.49. The van der Waals surface area contributed by atoms with Gasteiger partial charge in [0.25, 0.3) is 0 Å². The zero-order valence-corrected chi connectivity index (χ0v) is 7.17. The lowest BCUT2D eigenvalue weighted by Crippen LogP contribution is -2.17. The lowest BCUT2D eigenvalue weighted by molar-refractivity contribution is -0.139. The number of alkyl halides is 3. The van der Waals surface area contributed by atoms with E-state index >= 15 is 0 Å². The molecule has 0 aromatic carbocycles. The van der Waals surface area contributed by atoms with Crippen LogP contribution in [-0.4, -0.2) is 10.1 Å². The zero-order valence-electron chi connectivity index (χ0n) is 7.17. The van der Waals surface area contributed by atoms with Crippen LogP contribution in [0.4, 0.5) is 13.2 Å². The van der Waals surface area contributed by atoms with Gasteiger partial charge in [-0.25, -0.2) is 0 Å². The van der Waals surface area contributed by atoms with E-state index in [0.29, 0.717) is 12.8 Å². The Labute approximate surface area is 78.4 Å². The Kier molecular flexibility index (Phi) is 1.82. The number of hydrogen-bond donors (Lipinski definition) is 1. The van der Waals surface area contributed by atoms with E-state index in [1.165, 1.54) is 12.3 Å². The molecule has 0 saturated heterocycles. The largest absolute Gasteiger partial charge is 0.418 e. The molecule has 0 amide bonds. The molecule has 1 fully saturated rings. The highest BCUT2D eigenvalue weighted by atomic mass is 19.4. The van der Waals surface area contributed by atoms with Crippen LogP contribution in [0.5, 0.6) is 0 Å². The Bertz CT molecular complexity index is 333. The minimum absolute atomic E-state index is 0.243. The van der Waals surface area contributed by atoms with Crippen LogP contribution in [0.3, 0.4) is 0 Å². The summed E-state index contributed by atoms with van der Waals surface area (Å²) in [4.78, 5) is 3.61. The fourth-order valence-electron chi connectivity index (χ4n) is 1.36. The minimum Gasteiger partial charge on any atom is -0.384 e. The van der Waals surface area contributed by atoms with Crippen molar-refractivity contribution in [2.45, 2.75) is 24.6 Å². The van der Waals surface area contributed by atoms with E-state index in [4.69, 9.17) is 0 Å². The van der Waals surface area contributed by atoms with Crippen molar-refractivity contribution in [3.05, 3.63) is 29.6 Å². The highest BCUT2D eigenvalue weighted by molar-refractivity contribution is 5.31. The topological polar surface area (TPSA) is 33.1 Å². The molecular weight excluding hydrogens is 195 g/mol. The Morgan fingerprint density at radius 3 is 2.50 bits per heavy atom. The molecule has 0 bridgehead atoms. The molecule has 0 unspecified atom stereocenters. The van der Waals surface area contributed by atoms with E-state index < -0.39 is 17.3 Å². The van der Waals surface area contributed by atoms with E-state index in [1.807, 2.05) is 0 Å². The molecule has 1 saturated carbocycles. The second-order valence-corrected chi connectivity index (χ2v) is 3.43. The van der Waals surface area contributed by atoms with Crippen molar-refractivity contribution in [2.75, 3.05) is 0 Å². The maximum absolute atomic E-state index is 12.5. The van der Waals surface area contributed by atoms with Crippen LogP contribution in [0.25, 0.3) is 0 Å². The van der Waals surface area contributed by atoms with Crippen molar-refractivity contribution >= 4 is 0 Å². The first-order chi connectivity index (χ1) is 6.43. The van der Waals surface area contributed by atoms with Gasteiger partial charge >= 0.3 is 6.18 Å². The predicted molar refractivity (Wildman–Crippen MR) is 42.4 cm³/mol. The standard InChI is InChI=1S/C9H8F3NO/c10-9(11,12)6-2-1-5-13-7(6)8(14)3-4-8/h1-2,5,14H,3-4H2. The number of rotatable bonds is 1. The minimum atomic E-state index is -4.44. The smallest absolute Gasteiger partial charge is 0.384 e. The van der Waals surface area contributed by atoms with Crippen molar-refractivity contribution in [3.63, 3.8) is 0 Å². The van der Waals surface area contributed by atoms with Gasteiger partial charge in [0.15, 0.2) is 0 Å². The Morgan fingerprint density at radius 1 is 1.36 bits per heavy atom. The summed E-state index contributed by atoms with van der Waals surface area (Å²) in [5.41, 5.74) is -2.42. The third kappa shape index (κ3) is 1.48. The molecule has 0 atom stereocenters. The van der Waals surface area contributed by atoms with Crippen molar-refractivity contribution in [1.82, 2.24) is 4.98 Å². The van der Waals surface area contributed by atoms with E-state index in [1.54, 1.807) is 0 Å². The van der Waals surface area contributed by atoms with Crippen molar-refractivity contribution in [1.29, 1.82) is 0 Å². The average Bonchev–Trinajstić information content (AvgIpc) is 2.84. The molecule has 1 aromatic heterocycles. The van der Waals surface area contributed by atoms with Gasteiger partial charge < -0.3 is 5.11 Å². The van der Waals surface area contributed by atoms with E-state index in [2.05, 4.69) is 4.98 Å². The fourth-order valence-corrected chi connectivity index (χ4v) is 1.36. The van der Waals surface area contributed by atoms with Gasteiger partial charge in [0, 0.05) is 6.20 Å². The van der Waals surface area contributed by atoms with Crippen LogP contribution in [0.15, 0.2) is 18.3 Å². The summed E-state index contributed by atoms with van der Waals surface area (Å²) >= 11 is 0. The Hall–Kier alpha value is -1.10. The molecule has 0 radical (unpaired) electrons. The summed E-state index contributed by atoms with van der Waals surface area (Å²) in [5, 5.41) is 9.58. The molecule has 1 aliphatic rings. The molecule has 14 heavy (non-hydrogen) atoms. The van der Waals surface area contributed by atoms with Gasteiger partial charge in [-0.1, -0.05) is 0 Å². The summed E-state index contributed by atoms with van der Waals surface area (Å²) in [6, 6.07) is 2.16. The normalized spacial score (nSPS) is 19.4. The number of pyridine rings is 1. The van der Waals surface area contributed by atoms with Crippen molar-refractivity contribution in [2.24, 2.45) is 0 Å². The first-order valence-corrected chi connectivity index (χ1v) is 4.18. The van der Waals surface area contributed by atoms with E-state index in [9.17, 15) is 18.3 Å². The van der Waals surface area contributed by atoms with Gasteiger partial charge in [-0.05, 0) is 25.0 Å². The zero-order chi connectivity index (χ0) is 10.4. The third-order valence-electron chi connectivity index (χ3n) is 2.28. The Morgan fingerprint density at radius 2 is 2.00 bits per heavy atom. The molecule has 2 rings (SSSR count). The second kappa shape index (κ2) is 2.70. The number of aliphatic hydroxyl groups is 1. The summed E-state index contributed by atoms with van der Waals surface area (Å²) in [6.45, 7) is 0. The monoisotopic (exact) mass is 203 g/mol. The van der Waals surface area contributed by atoms with Crippen LogP contribution in [0.1, 0.15) is 24.1 Å². The second-order valence-electron chi connectivity index (χ2n) is 3.43. The summed E-state index contributed by atoms with van der Waals surface area (Å²) < 4.78 is 37.4. The molecule has 0 spiro atoms. The van der Waals surface area contributed by atoms with Gasteiger partial charge in [-0.15, -0.1) is 0 Å². The first-order valence-electron chi connectivity index (χ1n) is 4.18. The maximum atomic E-state index is 12.5. The average molecular weight is 203 g/mol. The van der Waals surface area contributed by atoms with Crippen molar-refractivity contribution < 1.29 is 18.3 Å². The number of nitrogens with zero attached hydrogens (tertiary/aromatic N) is 1. The molecule has 1 N–H and O–H groups in total. The summed E-state index contributed by atoms with van der Waals surface area (Å²) in [7, 11) is 0. The molecular formula is C9H8F3NO. The molecule has 1 heterocycles. The summed E-state index contributed by atoms with van der Waals surface area (Å²) in [5.74, 6) is 0. The predicted octanol–water partition coefficient (Wildman–Crippen LogP) is 2.08. The molecule has 5 heteroatoms. The quantitative estimate of drug-likeness (QED) is 0.758. The van der Waals surface area contributed by atoms with Gasteiger partial charge in [0.05, 0.1) is 11.3 Å². The van der Waals surface area contributed by atoms with Crippen LogP contribution in [0.2, 0.25) is 0 Å². The molecule has 2 nitrogen and oxygen atoms in total. The molecule has 1 aromatic rings. The van der Waals surface area contributed by atoms with Crippen LogP contribution >= 0.6 is 0 Å². The van der Waals surface area contributed by atoms with Crippen LogP contribution < -0.4 is 0 Å². The van der Waals surface area contributed by atoms with E-state index in [0.717, 1.165) is 6.07 Å². The molecule has 0 aliphatic heterocycles. The lowest BCUT2D eigenvalue weighted by atomic mass is 10.1. The number of halogens is 3. The third-order valence-corrected chi connectivity index (χ3v) is 2.28. The van der Waals surface area contributed by atoms with Gasteiger partial charge in [0.1, 0.15) is 5.60 Å². The van der Waals surface area contributed by atoms with Gasteiger partial charge in [0.2, 0.25) is 0 Å². The lowest BCUT2D eigenvalue weighted by Gasteiger charge is -2.14. The first kappa shape index (κ1) is 9.45. The molecule has 76 valence electrons. The fraction of sp³-hybridized carbons (Fsp3) is 0.444.